The van der Waals surface area contributed by atoms with Crippen LogP contribution in [0.1, 0.15) is 49.2 Å². The van der Waals surface area contributed by atoms with Gasteiger partial charge in [0, 0.05) is 12.6 Å². The zero-order chi connectivity index (χ0) is 12.6. The zero-order valence-electron chi connectivity index (χ0n) is 10.2. The minimum absolute atomic E-state index is 0.131. The van der Waals surface area contributed by atoms with Gasteiger partial charge in [0.05, 0.1) is 21.8 Å². The molecule has 0 aliphatic rings. The van der Waals surface area contributed by atoms with Gasteiger partial charge in [0.1, 0.15) is 0 Å². The molecule has 3 nitrogen and oxygen atoms in total. The maximum Gasteiger partial charge on any atom is 0.166 e. The average molecular weight is 251 g/mol. The molecular weight excluding hydrogens is 236 g/mol. The number of carbonyl (C=O) groups is 1. The van der Waals surface area contributed by atoms with Gasteiger partial charge < -0.3 is 0 Å². The first-order chi connectivity index (χ1) is 8.04. The predicted molar refractivity (Wildman–Crippen MR) is 68.9 cm³/mol. The molecule has 0 unspecified atom stereocenters. The van der Waals surface area contributed by atoms with Crippen molar-refractivity contribution in [3.63, 3.8) is 0 Å². The molecule has 2 aromatic heterocycles. The first-order valence-corrected chi connectivity index (χ1v) is 6.13. The van der Waals surface area contributed by atoms with Crippen LogP contribution in [0.3, 0.4) is 0 Å². The molecule has 0 N–H and O–H groups in total. The highest BCUT2D eigenvalue weighted by molar-refractivity contribution is 6.30. The van der Waals surface area contributed by atoms with Crippen LogP contribution >= 0.6 is 11.6 Å². The summed E-state index contributed by atoms with van der Waals surface area (Å²) in [7, 11) is 0. The van der Waals surface area contributed by atoms with Crippen LogP contribution in [0.15, 0.2) is 18.3 Å². The third kappa shape index (κ3) is 2.07. The number of Topliss-reactive ketones (excluding diaryl/α,β-unsaturated/α-hetero) is 1. The third-order valence-electron chi connectivity index (χ3n) is 2.77. The number of ketones is 1. The van der Waals surface area contributed by atoms with Crippen molar-refractivity contribution in [3.8, 4) is 0 Å². The molecule has 0 bridgehead atoms. The summed E-state index contributed by atoms with van der Waals surface area (Å²) < 4.78 is 1.70. The Hall–Kier alpha value is -1.35. The summed E-state index contributed by atoms with van der Waals surface area (Å²) in [5, 5.41) is 5.07. The zero-order valence-corrected chi connectivity index (χ0v) is 11.0. The summed E-state index contributed by atoms with van der Waals surface area (Å²) in [6, 6.07) is 3.64. The second kappa shape index (κ2) is 4.49. The van der Waals surface area contributed by atoms with E-state index in [-0.39, 0.29) is 11.7 Å². The van der Waals surface area contributed by atoms with E-state index in [2.05, 4.69) is 5.10 Å². The van der Waals surface area contributed by atoms with Gasteiger partial charge >= 0.3 is 0 Å². The number of hydrogen-bond donors (Lipinski definition) is 0. The summed E-state index contributed by atoms with van der Waals surface area (Å²) in [6.45, 7) is 5.94. The molecule has 2 heterocycles. The Morgan fingerprint density at radius 1 is 1.47 bits per heavy atom. The van der Waals surface area contributed by atoms with Crippen molar-refractivity contribution in [2.45, 2.75) is 33.1 Å². The summed E-state index contributed by atoms with van der Waals surface area (Å²) in [6.07, 6.45) is 2.22. The van der Waals surface area contributed by atoms with Gasteiger partial charge in [0.2, 0.25) is 0 Å². The molecule has 0 saturated heterocycles. The van der Waals surface area contributed by atoms with Crippen molar-refractivity contribution in [2.75, 3.05) is 0 Å². The van der Waals surface area contributed by atoms with E-state index in [0.29, 0.717) is 11.4 Å². The van der Waals surface area contributed by atoms with Gasteiger partial charge in [-0.05, 0) is 18.1 Å². The van der Waals surface area contributed by atoms with Crippen molar-refractivity contribution < 1.29 is 4.79 Å². The standard InChI is InChI=1S/C13H15ClN2O/c1-4-11(17)12-10-6-5-9(14)7-16(10)15-13(12)8(2)3/h5-8H,4H2,1-3H3. The number of aromatic nitrogens is 2. The minimum atomic E-state index is 0.131. The molecule has 4 heteroatoms. The van der Waals surface area contributed by atoms with Crippen LogP contribution in [-0.4, -0.2) is 15.4 Å². The lowest BCUT2D eigenvalue weighted by Gasteiger charge is -2.02. The summed E-state index contributed by atoms with van der Waals surface area (Å²) in [5.74, 6) is 0.352. The van der Waals surface area contributed by atoms with Gasteiger partial charge in [-0.1, -0.05) is 32.4 Å². The van der Waals surface area contributed by atoms with Gasteiger partial charge in [-0.25, -0.2) is 4.52 Å². The molecule has 17 heavy (non-hydrogen) atoms. The number of hydrogen-bond acceptors (Lipinski definition) is 2. The van der Waals surface area contributed by atoms with E-state index in [1.165, 1.54) is 0 Å². The Morgan fingerprint density at radius 3 is 2.76 bits per heavy atom. The van der Waals surface area contributed by atoms with Crippen molar-refractivity contribution in [1.82, 2.24) is 9.61 Å². The Labute approximate surface area is 105 Å². The van der Waals surface area contributed by atoms with Crippen LogP contribution in [0.25, 0.3) is 5.52 Å². The highest BCUT2D eigenvalue weighted by Gasteiger charge is 2.20. The summed E-state index contributed by atoms with van der Waals surface area (Å²) in [4.78, 5) is 12.0. The topological polar surface area (TPSA) is 34.4 Å². The van der Waals surface area contributed by atoms with Crippen LogP contribution in [0.5, 0.6) is 0 Å². The molecular formula is C13H15ClN2O. The van der Waals surface area contributed by atoms with E-state index < -0.39 is 0 Å². The van der Waals surface area contributed by atoms with Crippen LogP contribution < -0.4 is 0 Å². The maximum absolute atomic E-state index is 12.0. The molecule has 0 spiro atoms. The Kier molecular flexibility index (Phi) is 3.20. The molecule has 0 aromatic carbocycles. The monoisotopic (exact) mass is 250 g/mol. The molecule has 0 radical (unpaired) electrons. The second-order valence-corrected chi connectivity index (χ2v) is 4.81. The van der Waals surface area contributed by atoms with E-state index in [1.54, 1.807) is 16.8 Å². The van der Waals surface area contributed by atoms with E-state index in [0.717, 1.165) is 16.8 Å². The number of pyridine rings is 1. The quantitative estimate of drug-likeness (QED) is 0.779. The molecule has 0 fully saturated rings. The molecule has 2 rings (SSSR count). The predicted octanol–water partition coefficient (Wildman–Crippen LogP) is 3.70. The van der Waals surface area contributed by atoms with E-state index >= 15 is 0 Å². The lowest BCUT2D eigenvalue weighted by atomic mass is 10.0. The molecule has 0 atom stereocenters. The molecule has 0 aliphatic heterocycles. The molecule has 0 aliphatic carbocycles. The first-order valence-electron chi connectivity index (χ1n) is 5.75. The molecule has 0 amide bonds. The van der Waals surface area contributed by atoms with E-state index in [9.17, 15) is 4.79 Å². The van der Waals surface area contributed by atoms with Crippen molar-refractivity contribution in [2.24, 2.45) is 0 Å². The smallest absolute Gasteiger partial charge is 0.166 e. The number of nitrogens with zero attached hydrogens (tertiary/aromatic N) is 2. The van der Waals surface area contributed by atoms with Crippen LogP contribution in [0.2, 0.25) is 5.02 Å². The SMILES string of the molecule is CCC(=O)c1c(C(C)C)nn2cc(Cl)ccc12. The number of carbonyl (C=O) groups excluding carboxylic acids is 1. The fourth-order valence-corrected chi connectivity index (χ4v) is 2.06. The average Bonchev–Trinajstić information content (AvgIpc) is 2.66. The van der Waals surface area contributed by atoms with Crippen LogP contribution in [0.4, 0.5) is 0 Å². The maximum atomic E-state index is 12.0. The lowest BCUT2D eigenvalue weighted by Crippen LogP contribution is -2.02. The van der Waals surface area contributed by atoms with Crippen LogP contribution in [-0.2, 0) is 0 Å². The van der Waals surface area contributed by atoms with Gasteiger partial charge in [-0.3, -0.25) is 4.79 Å². The molecule has 90 valence electrons. The first kappa shape index (κ1) is 12.1. The second-order valence-electron chi connectivity index (χ2n) is 4.37. The normalized spacial score (nSPS) is 11.4. The summed E-state index contributed by atoms with van der Waals surface area (Å²) in [5.41, 5.74) is 2.42. The fourth-order valence-electron chi connectivity index (χ4n) is 1.91. The Bertz CT molecular complexity index is 572. The van der Waals surface area contributed by atoms with Gasteiger partial charge in [0.15, 0.2) is 5.78 Å². The van der Waals surface area contributed by atoms with Crippen molar-refractivity contribution in [1.29, 1.82) is 0 Å². The third-order valence-corrected chi connectivity index (χ3v) is 2.99. The van der Waals surface area contributed by atoms with Gasteiger partial charge in [0.25, 0.3) is 0 Å². The highest BCUT2D eigenvalue weighted by Crippen LogP contribution is 2.25. The molecule has 0 saturated carbocycles. The summed E-state index contributed by atoms with van der Waals surface area (Å²) >= 11 is 5.93. The minimum Gasteiger partial charge on any atom is -0.294 e. The number of rotatable bonds is 3. The fraction of sp³-hybridized carbons (Fsp3) is 0.385. The lowest BCUT2D eigenvalue weighted by molar-refractivity contribution is 0.0988. The van der Waals surface area contributed by atoms with Crippen molar-refractivity contribution >= 4 is 22.9 Å². The number of halogens is 1. The van der Waals surface area contributed by atoms with Gasteiger partial charge in [-0.2, -0.15) is 5.10 Å². The van der Waals surface area contributed by atoms with Crippen molar-refractivity contribution in [3.05, 3.63) is 34.6 Å². The Morgan fingerprint density at radius 2 is 2.18 bits per heavy atom. The van der Waals surface area contributed by atoms with E-state index in [1.807, 2.05) is 26.8 Å². The molecule has 2 aromatic rings. The highest BCUT2D eigenvalue weighted by atomic mass is 35.5. The number of fused-ring (bicyclic) bond motifs is 1. The van der Waals surface area contributed by atoms with Crippen LogP contribution in [0, 0.1) is 0 Å². The van der Waals surface area contributed by atoms with E-state index in [4.69, 9.17) is 11.6 Å². The Balaban J connectivity index is 2.76. The largest absolute Gasteiger partial charge is 0.294 e. The van der Waals surface area contributed by atoms with Gasteiger partial charge in [-0.15, -0.1) is 0 Å².